The Labute approximate surface area is 129 Å². The number of nitrogens with zero attached hydrogens (tertiary/aromatic N) is 2. The highest BCUT2D eigenvalue weighted by Gasteiger charge is 2.21. The van der Waals surface area contributed by atoms with Crippen LogP contribution in [-0.4, -0.2) is 76.6 Å². The van der Waals surface area contributed by atoms with E-state index in [4.69, 9.17) is 9.47 Å². The third-order valence-electron chi connectivity index (χ3n) is 3.79. The molecule has 1 fully saturated rings. The van der Waals surface area contributed by atoms with Gasteiger partial charge in [-0.1, -0.05) is 0 Å². The Morgan fingerprint density at radius 3 is 2.52 bits per heavy atom. The van der Waals surface area contributed by atoms with Gasteiger partial charge >= 0.3 is 0 Å². The summed E-state index contributed by atoms with van der Waals surface area (Å²) in [5.41, 5.74) is 0. The molecule has 1 aliphatic heterocycles. The standard InChI is InChI=1S/C15H32N4O2/c1-13(2)19-8-5-14(6-9-19)18-15(16-3)17-7-10-21-12-11-20-4/h13-14H,5-12H2,1-4H3,(H2,16,17,18). The smallest absolute Gasteiger partial charge is 0.191 e. The van der Waals surface area contributed by atoms with E-state index < -0.39 is 0 Å². The molecule has 0 aliphatic carbocycles. The first-order chi connectivity index (χ1) is 10.2. The molecular formula is C15H32N4O2. The van der Waals surface area contributed by atoms with Crippen molar-refractivity contribution in [1.29, 1.82) is 0 Å². The number of ether oxygens (including phenoxy) is 2. The van der Waals surface area contributed by atoms with Gasteiger partial charge in [-0.2, -0.15) is 0 Å². The average Bonchev–Trinajstić information content (AvgIpc) is 2.50. The molecule has 21 heavy (non-hydrogen) atoms. The molecule has 1 heterocycles. The lowest BCUT2D eigenvalue weighted by molar-refractivity contribution is 0.0733. The molecule has 1 saturated heterocycles. The summed E-state index contributed by atoms with van der Waals surface area (Å²) in [7, 11) is 3.49. The molecule has 1 aliphatic rings. The van der Waals surface area contributed by atoms with Crippen LogP contribution in [0.25, 0.3) is 0 Å². The number of methoxy groups -OCH3 is 1. The molecule has 124 valence electrons. The summed E-state index contributed by atoms with van der Waals surface area (Å²) < 4.78 is 10.4. The van der Waals surface area contributed by atoms with E-state index in [1.807, 2.05) is 7.05 Å². The minimum Gasteiger partial charge on any atom is -0.382 e. The van der Waals surface area contributed by atoms with Crippen molar-refractivity contribution < 1.29 is 9.47 Å². The molecule has 0 radical (unpaired) electrons. The van der Waals surface area contributed by atoms with Crippen LogP contribution in [0.2, 0.25) is 0 Å². The number of piperidine rings is 1. The molecular weight excluding hydrogens is 268 g/mol. The second-order valence-corrected chi connectivity index (χ2v) is 5.65. The van der Waals surface area contributed by atoms with E-state index in [9.17, 15) is 0 Å². The van der Waals surface area contributed by atoms with Gasteiger partial charge in [0, 0.05) is 45.9 Å². The molecule has 2 N–H and O–H groups in total. The van der Waals surface area contributed by atoms with Gasteiger partial charge in [-0.05, 0) is 26.7 Å². The van der Waals surface area contributed by atoms with Gasteiger partial charge in [0.25, 0.3) is 0 Å². The zero-order chi connectivity index (χ0) is 15.5. The zero-order valence-electron chi connectivity index (χ0n) is 14.0. The highest BCUT2D eigenvalue weighted by molar-refractivity contribution is 5.79. The van der Waals surface area contributed by atoms with Crippen molar-refractivity contribution in [3.63, 3.8) is 0 Å². The predicted octanol–water partition coefficient (Wildman–Crippen LogP) is 0.687. The Balaban J connectivity index is 2.14. The number of nitrogens with one attached hydrogen (secondary N) is 2. The minimum absolute atomic E-state index is 0.514. The fourth-order valence-electron chi connectivity index (χ4n) is 2.43. The topological polar surface area (TPSA) is 58.1 Å². The fraction of sp³-hybridized carbons (Fsp3) is 0.933. The molecule has 0 amide bonds. The second-order valence-electron chi connectivity index (χ2n) is 5.65. The van der Waals surface area contributed by atoms with Crippen molar-refractivity contribution in [2.24, 2.45) is 4.99 Å². The van der Waals surface area contributed by atoms with Gasteiger partial charge in [0.15, 0.2) is 5.96 Å². The van der Waals surface area contributed by atoms with Crippen LogP contribution in [-0.2, 0) is 9.47 Å². The number of guanidine groups is 1. The van der Waals surface area contributed by atoms with Crippen molar-refractivity contribution in [1.82, 2.24) is 15.5 Å². The number of hydrogen-bond acceptors (Lipinski definition) is 4. The van der Waals surface area contributed by atoms with E-state index in [1.165, 1.54) is 12.8 Å². The van der Waals surface area contributed by atoms with Crippen LogP contribution >= 0.6 is 0 Å². The van der Waals surface area contributed by atoms with E-state index in [2.05, 4.69) is 34.4 Å². The number of rotatable bonds is 8. The van der Waals surface area contributed by atoms with Gasteiger partial charge in [0.05, 0.1) is 19.8 Å². The van der Waals surface area contributed by atoms with E-state index in [0.717, 1.165) is 25.6 Å². The highest BCUT2D eigenvalue weighted by Crippen LogP contribution is 2.12. The molecule has 1 rings (SSSR count). The first kappa shape index (κ1) is 18.2. The number of likely N-dealkylation sites (tertiary alicyclic amines) is 1. The summed E-state index contributed by atoms with van der Waals surface area (Å²) in [5.74, 6) is 0.869. The molecule has 6 heteroatoms. The maximum absolute atomic E-state index is 5.42. The lowest BCUT2D eigenvalue weighted by Gasteiger charge is -2.35. The summed E-state index contributed by atoms with van der Waals surface area (Å²) in [6.07, 6.45) is 2.34. The van der Waals surface area contributed by atoms with Crippen molar-refractivity contribution in [2.75, 3.05) is 53.6 Å². The maximum Gasteiger partial charge on any atom is 0.191 e. The maximum atomic E-state index is 5.42. The first-order valence-electron chi connectivity index (χ1n) is 7.95. The third kappa shape index (κ3) is 7.64. The van der Waals surface area contributed by atoms with Crippen molar-refractivity contribution >= 4 is 5.96 Å². The predicted molar refractivity (Wildman–Crippen MR) is 86.9 cm³/mol. The summed E-state index contributed by atoms with van der Waals surface area (Å²) in [6, 6.07) is 1.16. The van der Waals surface area contributed by atoms with E-state index in [0.29, 0.717) is 31.9 Å². The van der Waals surface area contributed by atoms with E-state index in [1.54, 1.807) is 7.11 Å². The average molecular weight is 300 g/mol. The Morgan fingerprint density at radius 2 is 1.95 bits per heavy atom. The van der Waals surface area contributed by atoms with Crippen LogP contribution < -0.4 is 10.6 Å². The monoisotopic (exact) mass is 300 g/mol. The molecule has 0 saturated carbocycles. The van der Waals surface area contributed by atoms with Crippen molar-refractivity contribution in [3.05, 3.63) is 0 Å². The Hall–Kier alpha value is -0.850. The summed E-state index contributed by atoms with van der Waals surface area (Å²) in [5, 5.41) is 6.79. The van der Waals surface area contributed by atoms with Gasteiger partial charge in [-0.25, -0.2) is 0 Å². The lowest BCUT2D eigenvalue weighted by Crippen LogP contribution is -2.50. The van der Waals surface area contributed by atoms with E-state index in [-0.39, 0.29) is 0 Å². The Kier molecular flexibility index (Phi) is 9.37. The minimum atomic E-state index is 0.514. The van der Waals surface area contributed by atoms with Crippen LogP contribution in [0.5, 0.6) is 0 Å². The molecule has 0 unspecified atom stereocenters. The molecule has 0 bridgehead atoms. The number of aliphatic imine (C=N–C) groups is 1. The third-order valence-corrected chi connectivity index (χ3v) is 3.79. The molecule has 0 atom stereocenters. The summed E-state index contributed by atoms with van der Waals surface area (Å²) >= 11 is 0. The van der Waals surface area contributed by atoms with Crippen molar-refractivity contribution in [2.45, 2.75) is 38.8 Å². The second kappa shape index (κ2) is 10.8. The summed E-state index contributed by atoms with van der Waals surface area (Å²) in [4.78, 5) is 6.80. The van der Waals surface area contributed by atoms with Crippen LogP contribution in [0.1, 0.15) is 26.7 Å². The SMILES string of the molecule is CN=C(NCCOCCOC)NC1CCN(C(C)C)CC1. The first-order valence-corrected chi connectivity index (χ1v) is 7.95. The Bertz CT molecular complexity index is 289. The fourth-order valence-corrected chi connectivity index (χ4v) is 2.43. The van der Waals surface area contributed by atoms with Crippen LogP contribution in [0.4, 0.5) is 0 Å². The van der Waals surface area contributed by atoms with Crippen LogP contribution in [0.15, 0.2) is 4.99 Å². The van der Waals surface area contributed by atoms with Gasteiger partial charge in [0.2, 0.25) is 0 Å². The van der Waals surface area contributed by atoms with Crippen LogP contribution in [0, 0.1) is 0 Å². The normalized spacial score (nSPS) is 18.2. The van der Waals surface area contributed by atoms with Gasteiger partial charge in [-0.15, -0.1) is 0 Å². The van der Waals surface area contributed by atoms with Gasteiger partial charge in [0.1, 0.15) is 0 Å². The van der Waals surface area contributed by atoms with Gasteiger partial charge in [-0.3, -0.25) is 4.99 Å². The lowest BCUT2D eigenvalue weighted by atomic mass is 10.0. The molecule has 0 aromatic carbocycles. The van der Waals surface area contributed by atoms with E-state index >= 15 is 0 Å². The Morgan fingerprint density at radius 1 is 1.24 bits per heavy atom. The zero-order valence-corrected chi connectivity index (χ0v) is 14.0. The molecule has 0 spiro atoms. The molecule has 0 aromatic heterocycles. The van der Waals surface area contributed by atoms with Gasteiger partial charge < -0.3 is 25.0 Å². The molecule has 0 aromatic rings. The van der Waals surface area contributed by atoms with Crippen LogP contribution in [0.3, 0.4) is 0 Å². The quantitative estimate of drug-likeness (QED) is 0.392. The highest BCUT2D eigenvalue weighted by atomic mass is 16.5. The number of hydrogen-bond donors (Lipinski definition) is 2. The largest absolute Gasteiger partial charge is 0.382 e. The molecule has 6 nitrogen and oxygen atoms in total. The van der Waals surface area contributed by atoms with Crippen molar-refractivity contribution in [3.8, 4) is 0 Å². The summed E-state index contributed by atoms with van der Waals surface area (Å²) in [6.45, 7) is 9.54.